The first-order valence-corrected chi connectivity index (χ1v) is 8.96. The molecule has 0 saturated heterocycles. The second kappa shape index (κ2) is 9.22. The zero-order chi connectivity index (χ0) is 16.1. The molecular formula is C21H23BrClN. The molecule has 0 heterocycles. The molecule has 3 heteroatoms. The molecule has 0 aromatic heterocycles. The topological polar surface area (TPSA) is 12.0 Å². The van der Waals surface area contributed by atoms with Crippen molar-refractivity contribution in [2.45, 2.75) is 25.3 Å². The van der Waals surface area contributed by atoms with Crippen LogP contribution < -0.4 is 5.32 Å². The number of hydrogen-bond acceptors (Lipinski definition) is 1. The third-order valence-corrected chi connectivity index (χ3v) is 5.12. The van der Waals surface area contributed by atoms with Crippen LogP contribution in [-0.2, 0) is 6.42 Å². The Labute approximate surface area is 159 Å². The van der Waals surface area contributed by atoms with E-state index in [4.69, 9.17) is 0 Å². The molecule has 0 aliphatic rings. The summed E-state index contributed by atoms with van der Waals surface area (Å²) in [7, 11) is 2.04. The Bertz CT molecular complexity index is 787. The Morgan fingerprint density at radius 1 is 0.917 bits per heavy atom. The van der Waals surface area contributed by atoms with Crippen molar-refractivity contribution in [2.75, 3.05) is 7.05 Å². The van der Waals surface area contributed by atoms with E-state index in [0.717, 1.165) is 12.8 Å². The molecule has 1 unspecified atom stereocenters. The maximum absolute atomic E-state index is 3.66. The predicted molar refractivity (Wildman–Crippen MR) is 110 cm³/mol. The van der Waals surface area contributed by atoms with Crippen molar-refractivity contribution in [1.82, 2.24) is 5.32 Å². The van der Waals surface area contributed by atoms with Crippen LogP contribution in [-0.4, -0.2) is 7.05 Å². The van der Waals surface area contributed by atoms with Crippen LogP contribution in [0.2, 0.25) is 0 Å². The molecule has 0 fully saturated rings. The molecule has 0 aliphatic heterocycles. The molecule has 1 N–H and O–H groups in total. The van der Waals surface area contributed by atoms with Crippen molar-refractivity contribution in [3.05, 3.63) is 82.3 Å². The van der Waals surface area contributed by atoms with Crippen molar-refractivity contribution < 1.29 is 0 Å². The summed E-state index contributed by atoms with van der Waals surface area (Å²) in [6, 6.07) is 24.2. The molecule has 0 bridgehead atoms. The second-order valence-electron chi connectivity index (χ2n) is 5.94. The van der Waals surface area contributed by atoms with Gasteiger partial charge in [0, 0.05) is 10.5 Å². The summed E-state index contributed by atoms with van der Waals surface area (Å²) < 4.78 is 1.19. The van der Waals surface area contributed by atoms with Gasteiger partial charge in [0.15, 0.2) is 0 Å². The van der Waals surface area contributed by atoms with Crippen LogP contribution in [0.25, 0.3) is 10.8 Å². The van der Waals surface area contributed by atoms with Crippen LogP contribution in [0.5, 0.6) is 0 Å². The molecule has 3 aromatic rings. The predicted octanol–water partition coefficient (Wildman–Crippen LogP) is 6.31. The van der Waals surface area contributed by atoms with Crippen molar-refractivity contribution in [2.24, 2.45) is 0 Å². The van der Waals surface area contributed by atoms with Gasteiger partial charge in [-0.3, -0.25) is 0 Å². The fourth-order valence-electron chi connectivity index (χ4n) is 3.12. The first-order chi connectivity index (χ1) is 11.3. The highest BCUT2D eigenvalue weighted by Crippen LogP contribution is 2.27. The Morgan fingerprint density at radius 3 is 2.38 bits per heavy atom. The molecule has 3 rings (SSSR count). The average molecular weight is 405 g/mol. The van der Waals surface area contributed by atoms with Crippen LogP contribution in [0, 0.1) is 0 Å². The minimum absolute atomic E-state index is 0. The standard InChI is InChI=1S/C21H22BrN.ClH/c1-23-21(19-10-4-5-11-20(19)22)12-6-7-16-13-14-17-8-2-3-9-18(17)15-16;/h2-5,8-11,13-15,21,23H,6-7,12H2,1H3;1H. The second-order valence-corrected chi connectivity index (χ2v) is 6.79. The number of benzene rings is 3. The van der Waals surface area contributed by atoms with Crippen molar-refractivity contribution >= 4 is 39.1 Å². The number of halogens is 2. The van der Waals surface area contributed by atoms with Crippen molar-refractivity contribution in [1.29, 1.82) is 0 Å². The Kier molecular flexibility index (Phi) is 7.29. The lowest BCUT2D eigenvalue weighted by Gasteiger charge is -2.18. The van der Waals surface area contributed by atoms with Gasteiger partial charge in [-0.05, 0) is 54.3 Å². The quantitative estimate of drug-likeness (QED) is 0.508. The summed E-state index contributed by atoms with van der Waals surface area (Å²) in [6.07, 6.45) is 3.42. The lowest BCUT2D eigenvalue weighted by molar-refractivity contribution is 0.525. The van der Waals surface area contributed by atoms with E-state index in [0.29, 0.717) is 6.04 Å². The van der Waals surface area contributed by atoms with E-state index in [2.05, 4.69) is 88.0 Å². The van der Waals surface area contributed by atoms with Crippen LogP contribution >= 0.6 is 28.3 Å². The number of rotatable bonds is 6. The molecule has 1 nitrogen and oxygen atoms in total. The summed E-state index contributed by atoms with van der Waals surface area (Å²) in [5.41, 5.74) is 2.76. The van der Waals surface area contributed by atoms with Gasteiger partial charge in [-0.15, -0.1) is 12.4 Å². The van der Waals surface area contributed by atoms with Gasteiger partial charge in [-0.25, -0.2) is 0 Å². The van der Waals surface area contributed by atoms with Gasteiger partial charge in [0.2, 0.25) is 0 Å². The zero-order valence-electron chi connectivity index (χ0n) is 13.8. The molecule has 0 aliphatic carbocycles. The highest BCUT2D eigenvalue weighted by atomic mass is 79.9. The highest BCUT2D eigenvalue weighted by molar-refractivity contribution is 9.10. The molecule has 126 valence electrons. The summed E-state index contributed by atoms with van der Waals surface area (Å²) in [4.78, 5) is 0. The minimum Gasteiger partial charge on any atom is -0.313 e. The molecule has 0 radical (unpaired) electrons. The fraction of sp³-hybridized carbons (Fsp3) is 0.238. The third kappa shape index (κ3) is 4.60. The maximum atomic E-state index is 3.66. The number of aryl methyl sites for hydroxylation is 1. The van der Waals surface area contributed by atoms with Gasteiger partial charge in [-0.2, -0.15) is 0 Å². The van der Waals surface area contributed by atoms with E-state index in [9.17, 15) is 0 Å². The van der Waals surface area contributed by atoms with Gasteiger partial charge in [0.25, 0.3) is 0 Å². The van der Waals surface area contributed by atoms with Gasteiger partial charge >= 0.3 is 0 Å². The van der Waals surface area contributed by atoms with E-state index in [1.54, 1.807) is 0 Å². The molecule has 3 aromatic carbocycles. The van der Waals surface area contributed by atoms with Crippen LogP contribution in [0.1, 0.15) is 30.0 Å². The minimum atomic E-state index is 0. The molecule has 1 atom stereocenters. The first kappa shape index (κ1) is 19.0. The number of fused-ring (bicyclic) bond motifs is 1. The lowest BCUT2D eigenvalue weighted by atomic mass is 9.98. The normalized spacial score (nSPS) is 11.9. The Balaban J connectivity index is 0.00000208. The van der Waals surface area contributed by atoms with Gasteiger partial charge < -0.3 is 5.32 Å². The molecule has 24 heavy (non-hydrogen) atoms. The van der Waals surface area contributed by atoms with E-state index in [-0.39, 0.29) is 12.4 Å². The smallest absolute Gasteiger partial charge is 0.0328 e. The SMILES string of the molecule is CNC(CCCc1ccc2ccccc2c1)c1ccccc1Br.Cl. The van der Waals surface area contributed by atoms with E-state index in [1.807, 2.05) is 7.05 Å². The van der Waals surface area contributed by atoms with E-state index < -0.39 is 0 Å². The average Bonchev–Trinajstić information content (AvgIpc) is 2.59. The van der Waals surface area contributed by atoms with Gasteiger partial charge in [0.1, 0.15) is 0 Å². The largest absolute Gasteiger partial charge is 0.313 e. The highest BCUT2D eigenvalue weighted by Gasteiger charge is 2.11. The molecule has 0 spiro atoms. The Hall–Kier alpha value is -1.35. The number of nitrogens with one attached hydrogen (secondary N) is 1. The van der Waals surface area contributed by atoms with E-state index >= 15 is 0 Å². The van der Waals surface area contributed by atoms with Gasteiger partial charge in [0.05, 0.1) is 0 Å². The number of hydrogen-bond donors (Lipinski definition) is 1. The first-order valence-electron chi connectivity index (χ1n) is 8.17. The summed E-state index contributed by atoms with van der Waals surface area (Å²) in [6.45, 7) is 0. The summed E-state index contributed by atoms with van der Waals surface area (Å²) in [5, 5.41) is 6.10. The maximum Gasteiger partial charge on any atom is 0.0328 e. The summed E-state index contributed by atoms with van der Waals surface area (Å²) in [5.74, 6) is 0. The van der Waals surface area contributed by atoms with Crippen molar-refractivity contribution in [3.8, 4) is 0 Å². The monoisotopic (exact) mass is 403 g/mol. The van der Waals surface area contributed by atoms with Gasteiger partial charge in [-0.1, -0.05) is 76.6 Å². The van der Waals surface area contributed by atoms with Crippen LogP contribution in [0.3, 0.4) is 0 Å². The third-order valence-electron chi connectivity index (χ3n) is 4.40. The fourth-order valence-corrected chi connectivity index (χ4v) is 3.68. The lowest BCUT2D eigenvalue weighted by Crippen LogP contribution is -2.17. The molecule has 0 saturated carbocycles. The molecular weight excluding hydrogens is 382 g/mol. The van der Waals surface area contributed by atoms with Crippen LogP contribution in [0.15, 0.2) is 71.2 Å². The summed E-state index contributed by atoms with van der Waals surface area (Å²) >= 11 is 3.66. The zero-order valence-corrected chi connectivity index (χ0v) is 16.2. The molecule has 0 amide bonds. The Morgan fingerprint density at radius 2 is 1.62 bits per heavy atom. The van der Waals surface area contributed by atoms with Crippen molar-refractivity contribution in [3.63, 3.8) is 0 Å². The van der Waals surface area contributed by atoms with Crippen LogP contribution in [0.4, 0.5) is 0 Å². The van der Waals surface area contributed by atoms with E-state index in [1.165, 1.54) is 32.8 Å².